The first-order valence-electron chi connectivity index (χ1n) is 10.8. The summed E-state index contributed by atoms with van der Waals surface area (Å²) < 4.78 is 8.69. The van der Waals surface area contributed by atoms with Crippen LogP contribution in [0.4, 0.5) is 5.69 Å². The van der Waals surface area contributed by atoms with Crippen molar-refractivity contribution in [1.29, 1.82) is 0 Å². The van der Waals surface area contributed by atoms with Crippen molar-refractivity contribution in [3.8, 4) is 5.75 Å². The molecule has 1 amide bonds. The summed E-state index contributed by atoms with van der Waals surface area (Å²) in [7, 11) is 0. The van der Waals surface area contributed by atoms with Crippen LogP contribution in [-0.4, -0.2) is 15.7 Å². The summed E-state index contributed by atoms with van der Waals surface area (Å²) >= 11 is 3.48. The summed E-state index contributed by atoms with van der Waals surface area (Å²) in [6, 6.07) is 23.6. The van der Waals surface area contributed by atoms with Gasteiger partial charge in [0.15, 0.2) is 0 Å². The SMILES string of the molecule is Cc1ccc(Cn2nc(C)c(NC(=O)c3ccc(COc4ccccc4Br)cc3)c2C)cc1. The Morgan fingerprint density at radius 3 is 2.30 bits per heavy atom. The largest absolute Gasteiger partial charge is 0.488 e. The Hall–Kier alpha value is -3.38. The number of aryl methyl sites for hydroxylation is 2. The van der Waals surface area contributed by atoms with Gasteiger partial charge < -0.3 is 10.1 Å². The number of halogens is 1. The molecule has 168 valence electrons. The zero-order chi connectivity index (χ0) is 23.4. The van der Waals surface area contributed by atoms with Crippen LogP contribution in [-0.2, 0) is 13.2 Å². The fourth-order valence-corrected chi connectivity index (χ4v) is 3.96. The number of nitrogens with one attached hydrogen (secondary N) is 1. The molecule has 4 aromatic rings. The Labute approximate surface area is 202 Å². The van der Waals surface area contributed by atoms with E-state index in [2.05, 4.69) is 57.5 Å². The minimum absolute atomic E-state index is 0.158. The third-order valence-electron chi connectivity index (χ3n) is 5.52. The summed E-state index contributed by atoms with van der Waals surface area (Å²) in [4.78, 5) is 12.9. The van der Waals surface area contributed by atoms with E-state index in [0.29, 0.717) is 18.7 Å². The van der Waals surface area contributed by atoms with E-state index in [9.17, 15) is 4.79 Å². The lowest BCUT2D eigenvalue weighted by atomic mass is 10.1. The van der Waals surface area contributed by atoms with Crippen molar-refractivity contribution < 1.29 is 9.53 Å². The quantitative estimate of drug-likeness (QED) is 0.315. The third kappa shape index (κ3) is 5.52. The molecule has 0 atom stereocenters. The van der Waals surface area contributed by atoms with E-state index in [0.717, 1.165) is 32.9 Å². The molecular weight excluding hydrogens is 478 g/mol. The molecule has 33 heavy (non-hydrogen) atoms. The van der Waals surface area contributed by atoms with E-state index in [1.165, 1.54) is 11.1 Å². The highest BCUT2D eigenvalue weighted by atomic mass is 79.9. The lowest BCUT2D eigenvalue weighted by Crippen LogP contribution is -2.13. The number of anilines is 1. The molecule has 4 rings (SSSR count). The van der Waals surface area contributed by atoms with Crippen LogP contribution >= 0.6 is 15.9 Å². The molecule has 1 heterocycles. The highest BCUT2D eigenvalue weighted by Gasteiger charge is 2.15. The Kier molecular flexibility index (Phi) is 6.94. The van der Waals surface area contributed by atoms with Gasteiger partial charge in [-0.25, -0.2) is 0 Å². The number of carbonyl (C=O) groups excluding carboxylic acids is 1. The van der Waals surface area contributed by atoms with Crippen LogP contribution in [0.2, 0.25) is 0 Å². The second-order valence-electron chi connectivity index (χ2n) is 8.06. The van der Waals surface area contributed by atoms with Gasteiger partial charge in [0.1, 0.15) is 12.4 Å². The van der Waals surface area contributed by atoms with E-state index >= 15 is 0 Å². The van der Waals surface area contributed by atoms with Crippen LogP contribution in [0.1, 0.15) is 38.4 Å². The second-order valence-corrected chi connectivity index (χ2v) is 8.91. The molecule has 1 aromatic heterocycles. The van der Waals surface area contributed by atoms with Crippen LogP contribution in [0.3, 0.4) is 0 Å². The van der Waals surface area contributed by atoms with Gasteiger partial charge in [0.2, 0.25) is 0 Å². The van der Waals surface area contributed by atoms with Gasteiger partial charge >= 0.3 is 0 Å². The molecule has 0 unspecified atom stereocenters. The van der Waals surface area contributed by atoms with Gasteiger partial charge in [0.05, 0.1) is 28.1 Å². The molecule has 0 fully saturated rings. The molecule has 0 spiro atoms. The molecule has 0 radical (unpaired) electrons. The zero-order valence-electron chi connectivity index (χ0n) is 18.9. The minimum Gasteiger partial charge on any atom is -0.488 e. The normalized spacial score (nSPS) is 10.8. The molecule has 0 aliphatic rings. The fourth-order valence-electron chi connectivity index (χ4n) is 3.56. The lowest BCUT2D eigenvalue weighted by Gasteiger charge is -2.10. The van der Waals surface area contributed by atoms with Crippen molar-refractivity contribution in [3.05, 3.63) is 111 Å². The van der Waals surface area contributed by atoms with Gasteiger partial charge in [-0.2, -0.15) is 5.10 Å². The molecule has 5 nitrogen and oxygen atoms in total. The van der Waals surface area contributed by atoms with Crippen LogP contribution in [0.25, 0.3) is 0 Å². The van der Waals surface area contributed by atoms with Crippen molar-refractivity contribution in [3.63, 3.8) is 0 Å². The molecule has 0 saturated heterocycles. The predicted molar refractivity (Wildman–Crippen MR) is 135 cm³/mol. The third-order valence-corrected chi connectivity index (χ3v) is 6.18. The van der Waals surface area contributed by atoms with Crippen molar-refractivity contribution in [2.45, 2.75) is 33.9 Å². The number of benzene rings is 3. The first kappa shape index (κ1) is 22.8. The molecule has 0 aliphatic carbocycles. The smallest absolute Gasteiger partial charge is 0.255 e. The van der Waals surface area contributed by atoms with E-state index in [4.69, 9.17) is 4.74 Å². The van der Waals surface area contributed by atoms with Gasteiger partial charge in [0, 0.05) is 5.56 Å². The standard InChI is InChI=1S/C27H26BrN3O2/c1-18-8-10-21(11-9-18)16-31-20(3)26(19(2)30-31)29-27(32)23-14-12-22(13-15-23)17-33-25-7-5-4-6-24(25)28/h4-15H,16-17H2,1-3H3,(H,29,32). The average molecular weight is 504 g/mol. The Balaban J connectivity index is 1.41. The number of hydrogen-bond acceptors (Lipinski definition) is 3. The van der Waals surface area contributed by atoms with Crippen molar-refractivity contribution in [1.82, 2.24) is 9.78 Å². The maximum absolute atomic E-state index is 12.9. The monoisotopic (exact) mass is 503 g/mol. The highest BCUT2D eigenvalue weighted by Crippen LogP contribution is 2.25. The minimum atomic E-state index is -0.158. The number of ether oxygens (including phenoxy) is 1. The topological polar surface area (TPSA) is 56.2 Å². The number of rotatable bonds is 7. The number of hydrogen-bond donors (Lipinski definition) is 1. The summed E-state index contributed by atoms with van der Waals surface area (Å²) in [6.45, 7) is 7.05. The molecule has 1 N–H and O–H groups in total. The van der Waals surface area contributed by atoms with Gasteiger partial charge in [-0.3, -0.25) is 9.48 Å². The van der Waals surface area contributed by atoms with Gasteiger partial charge in [0.25, 0.3) is 5.91 Å². The van der Waals surface area contributed by atoms with Gasteiger partial charge in [-0.15, -0.1) is 0 Å². The molecule has 6 heteroatoms. The number of carbonyl (C=O) groups is 1. The lowest BCUT2D eigenvalue weighted by molar-refractivity contribution is 0.102. The maximum Gasteiger partial charge on any atom is 0.255 e. The van der Waals surface area contributed by atoms with Crippen LogP contribution in [0.5, 0.6) is 5.75 Å². The molecular formula is C27H26BrN3O2. The highest BCUT2D eigenvalue weighted by molar-refractivity contribution is 9.10. The van der Waals surface area contributed by atoms with Crippen LogP contribution in [0, 0.1) is 20.8 Å². The van der Waals surface area contributed by atoms with Crippen LogP contribution in [0.15, 0.2) is 77.3 Å². The van der Waals surface area contributed by atoms with Crippen molar-refractivity contribution in [2.75, 3.05) is 5.32 Å². The van der Waals surface area contributed by atoms with Gasteiger partial charge in [-0.05, 0) is 72.1 Å². The Morgan fingerprint density at radius 2 is 1.61 bits per heavy atom. The number of nitrogens with zero attached hydrogens (tertiary/aromatic N) is 2. The van der Waals surface area contributed by atoms with Crippen molar-refractivity contribution in [2.24, 2.45) is 0 Å². The van der Waals surface area contributed by atoms with E-state index in [1.807, 2.05) is 67.1 Å². The summed E-state index contributed by atoms with van der Waals surface area (Å²) in [6.07, 6.45) is 0. The first-order valence-corrected chi connectivity index (χ1v) is 11.6. The molecule has 3 aromatic carbocycles. The van der Waals surface area contributed by atoms with Gasteiger partial charge in [-0.1, -0.05) is 54.1 Å². The van der Waals surface area contributed by atoms with Crippen LogP contribution < -0.4 is 10.1 Å². The summed E-state index contributed by atoms with van der Waals surface area (Å²) in [5.41, 5.74) is 6.46. The molecule has 0 bridgehead atoms. The fraction of sp³-hybridized carbons (Fsp3) is 0.185. The number of amides is 1. The summed E-state index contributed by atoms with van der Waals surface area (Å²) in [5, 5.41) is 7.67. The Morgan fingerprint density at radius 1 is 0.939 bits per heavy atom. The predicted octanol–water partition coefficient (Wildman–Crippen LogP) is 6.45. The zero-order valence-corrected chi connectivity index (χ0v) is 20.5. The summed E-state index contributed by atoms with van der Waals surface area (Å²) in [5.74, 6) is 0.627. The Bertz CT molecular complexity index is 1260. The van der Waals surface area contributed by atoms with E-state index < -0.39 is 0 Å². The number of aromatic nitrogens is 2. The second kappa shape index (κ2) is 10.0. The first-order chi connectivity index (χ1) is 15.9. The van der Waals surface area contributed by atoms with E-state index in [1.54, 1.807) is 0 Å². The molecule has 0 saturated carbocycles. The number of para-hydroxylation sites is 1. The molecule has 0 aliphatic heterocycles. The van der Waals surface area contributed by atoms with Crippen molar-refractivity contribution >= 4 is 27.5 Å². The maximum atomic E-state index is 12.9. The van der Waals surface area contributed by atoms with E-state index in [-0.39, 0.29) is 5.91 Å². The average Bonchev–Trinajstić information content (AvgIpc) is 3.07.